The van der Waals surface area contributed by atoms with E-state index in [1.807, 2.05) is 44.2 Å². The predicted octanol–water partition coefficient (Wildman–Crippen LogP) is 4.01. The standard InChI is InChI=1S/C18H23BrN2O2/c1-13-11-17(18(22)20-9-4-5-10-23-3)14(2)21(13)16-8-6-7-15(19)12-16/h6-8,11-12H,4-5,9-10H2,1-3H3,(H,20,22). The molecule has 2 rings (SSSR count). The molecule has 1 N–H and O–H groups in total. The zero-order valence-electron chi connectivity index (χ0n) is 13.9. The fourth-order valence-electron chi connectivity index (χ4n) is 2.67. The van der Waals surface area contributed by atoms with Crippen molar-refractivity contribution in [1.29, 1.82) is 0 Å². The number of ether oxygens (including phenoxy) is 1. The van der Waals surface area contributed by atoms with Gasteiger partial charge in [-0.3, -0.25) is 4.79 Å². The first-order valence-corrected chi connectivity index (χ1v) is 8.56. The van der Waals surface area contributed by atoms with E-state index in [0.717, 1.165) is 46.6 Å². The number of carbonyl (C=O) groups is 1. The summed E-state index contributed by atoms with van der Waals surface area (Å²) in [4.78, 5) is 12.4. The van der Waals surface area contributed by atoms with Crippen molar-refractivity contribution in [2.45, 2.75) is 26.7 Å². The molecule has 5 heteroatoms. The zero-order chi connectivity index (χ0) is 16.8. The highest BCUT2D eigenvalue weighted by molar-refractivity contribution is 9.10. The maximum absolute atomic E-state index is 12.4. The normalized spacial score (nSPS) is 10.8. The van der Waals surface area contributed by atoms with Crippen molar-refractivity contribution in [3.05, 3.63) is 51.8 Å². The molecule has 0 bridgehead atoms. The van der Waals surface area contributed by atoms with Gasteiger partial charge in [-0.05, 0) is 51.0 Å². The highest BCUT2D eigenvalue weighted by atomic mass is 79.9. The van der Waals surface area contributed by atoms with Crippen LogP contribution in [0.4, 0.5) is 0 Å². The van der Waals surface area contributed by atoms with Crippen LogP contribution >= 0.6 is 15.9 Å². The van der Waals surface area contributed by atoms with E-state index in [-0.39, 0.29) is 5.91 Å². The highest BCUT2D eigenvalue weighted by Crippen LogP contribution is 2.23. The van der Waals surface area contributed by atoms with Gasteiger partial charge in [-0.2, -0.15) is 0 Å². The van der Waals surface area contributed by atoms with Gasteiger partial charge in [0.1, 0.15) is 0 Å². The average molecular weight is 379 g/mol. The summed E-state index contributed by atoms with van der Waals surface area (Å²) in [5.74, 6) is -0.0169. The van der Waals surface area contributed by atoms with Crippen molar-refractivity contribution in [3.8, 4) is 5.69 Å². The van der Waals surface area contributed by atoms with Crippen LogP contribution < -0.4 is 5.32 Å². The second kappa shape index (κ2) is 8.31. The molecule has 23 heavy (non-hydrogen) atoms. The van der Waals surface area contributed by atoms with E-state index >= 15 is 0 Å². The van der Waals surface area contributed by atoms with Crippen LogP contribution in [0, 0.1) is 13.8 Å². The maximum atomic E-state index is 12.4. The summed E-state index contributed by atoms with van der Waals surface area (Å²) in [6.45, 7) is 5.40. The number of aryl methyl sites for hydroxylation is 1. The monoisotopic (exact) mass is 378 g/mol. The van der Waals surface area contributed by atoms with Crippen molar-refractivity contribution < 1.29 is 9.53 Å². The number of carbonyl (C=O) groups excluding carboxylic acids is 1. The van der Waals surface area contributed by atoms with Crippen LogP contribution in [0.3, 0.4) is 0 Å². The van der Waals surface area contributed by atoms with Crippen molar-refractivity contribution in [1.82, 2.24) is 9.88 Å². The Bertz CT molecular complexity index is 680. The zero-order valence-corrected chi connectivity index (χ0v) is 15.4. The van der Waals surface area contributed by atoms with E-state index < -0.39 is 0 Å². The Morgan fingerprint density at radius 1 is 1.26 bits per heavy atom. The Kier molecular flexibility index (Phi) is 6.42. The molecule has 0 spiro atoms. The van der Waals surface area contributed by atoms with E-state index in [2.05, 4.69) is 25.8 Å². The van der Waals surface area contributed by atoms with Crippen LogP contribution in [0.5, 0.6) is 0 Å². The van der Waals surface area contributed by atoms with Gasteiger partial charge in [0.25, 0.3) is 5.91 Å². The van der Waals surface area contributed by atoms with Gasteiger partial charge in [-0.25, -0.2) is 0 Å². The summed E-state index contributed by atoms with van der Waals surface area (Å²) < 4.78 is 8.13. The lowest BCUT2D eigenvalue weighted by molar-refractivity contribution is 0.0951. The topological polar surface area (TPSA) is 43.3 Å². The fourth-order valence-corrected chi connectivity index (χ4v) is 3.06. The Labute approximate surface area is 146 Å². The summed E-state index contributed by atoms with van der Waals surface area (Å²) in [6.07, 6.45) is 1.87. The van der Waals surface area contributed by atoms with Gasteiger partial charge in [-0.15, -0.1) is 0 Å². The first kappa shape index (κ1) is 17.8. The number of hydrogen-bond donors (Lipinski definition) is 1. The molecule has 1 aromatic heterocycles. The Morgan fingerprint density at radius 2 is 2.04 bits per heavy atom. The van der Waals surface area contributed by atoms with Crippen molar-refractivity contribution in [3.63, 3.8) is 0 Å². The largest absolute Gasteiger partial charge is 0.385 e. The van der Waals surface area contributed by atoms with E-state index in [9.17, 15) is 4.79 Å². The first-order chi connectivity index (χ1) is 11.0. The molecule has 0 aliphatic heterocycles. The van der Waals surface area contributed by atoms with Crippen molar-refractivity contribution in [2.75, 3.05) is 20.3 Å². The minimum Gasteiger partial charge on any atom is -0.385 e. The van der Waals surface area contributed by atoms with E-state index in [0.29, 0.717) is 6.54 Å². The Balaban J connectivity index is 2.12. The SMILES string of the molecule is COCCCCNC(=O)c1cc(C)n(-c2cccc(Br)c2)c1C. The van der Waals surface area contributed by atoms with Gasteiger partial charge in [0, 0.05) is 41.8 Å². The van der Waals surface area contributed by atoms with Crippen molar-refractivity contribution >= 4 is 21.8 Å². The third kappa shape index (κ3) is 4.45. The number of unbranched alkanes of at least 4 members (excludes halogenated alkanes) is 1. The van der Waals surface area contributed by atoms with Gasteiger partial charge < -0.3 is 14.6 Å². The molecule has 124 valence electrons. The summed E-state index contributed by atoms with van der Waals surface area (Å²) >= 11 is 3.50. The molecule has 2 aromatic rings. The number of amides is 1. The molecule has 1 aromatic carbocycles. The number of rotatable bonds is 7. The van der Waals surface area contributed by atoms with Gasteiger partial charge in [0.05, 0.1) is 5.56 Å². The predicted molar refractivity (Wildman–Crippen MR) is 96.4 cm³/mol. The third-order valence-electron chi connectivity index (χ3n) is 3.80. The van der Waals surface area contributed by atoms with Crippen LogP contribution in [0.2, 0.25) is 0 Å². The number of methoxy groups -OCH3 is 1. The summed E-state index contributed by atoms with van der Waals surface area (Å²) in [5, 5.41) is 2.98. The second-order valence-electron chi connectivity index (χ2n) is 5.56. The van der Waals surface area contributed by atoms with Crippen LogP contribution in [-0.4, -0.2) is 30.7 Å². The number of nitrogens with one attached hydrogen (secondary N) is 1. The van der Waals surface area contributed by atoms with E-state index in [4.69, 9.17) is 4.74 Å². The average Bonchev–Trinajstić information content (AvgIpc) is 2.82. The van der Waals surface area contributed by atoms with Crippen LogP contribution in [0.15, 0.2) is 34.8 Å². The molecule has 0 unspecified atom stereocenters. The van der Waals surface area contributed by atoms with Crippen LogP contribution in [0.1, 0.15) is 34.6 Å². The molecule has 1 heterocycles. The van der Waals surface area contributed by atoms with Gasteiger partial charge in [-0.1, -0.05) is 22.0 Å². The molecule has 0 aliphatic rings. The number of hydrogen-bond acceptors (Lipinski definition) is 2. The number of nitrogens with zero attached hydrogens (tertiary/aromatic N) is 1. The van der Waals surface area contributed by atoms with Gasteiger partial charge >= 0.3 is 0 Å². The van der Waals surface area contributed by atoms with Gasteiger partial charge in [0.2, 0.25) is 0 Å². The lowest BCUT2D eigenvalue weighted by Crippen LogP contribution is -2.25. The lowest BCUT2D eigenvalue weighted by Gasteiger charge is -2.10. The molecule has 1 amide bonds. The number of aromatic nitrogens is 1. The number of benzene rings is 1. The summed E-state index contributed by atoms with van der Waals surface area (Å²) in [6, 6.07) is 10.0. The van der Waals surface area contributed by atoms with Crippen LogP contribution in [0.25, 0.3) is 5.69 Å². The quantitative estimate of drug-likeness (QED) is 0.739. The smallest absolute Gasteiger partial charge is 0.253 e. The first-order valence-electron chi connectivity index (χ1n) is 7.76. The fraction of sp³-hybridized carbons (Fsp3) is 0.389. The Hall–Kier alpha value is -1.59. The third-order valence-corrected chi connectivity index (χ3v) is 4.30. The summed E-state index contributed by atoms with van der Waals surface area (Å²) in [5.41, 5.74) is 3.78. The highest BCUT2D eigenvalue weighted by Gasteiger charge is 2.16. The molecule has 0 aliphatic carbocycles. The van der Waals surface area contributed by atoms with Gasteiger partial charge in [0.15, 0.2) is 0 Å². The lowest BCUT2D eigenvalue weighted by atomic mass is 10.2. The van der Waals surface area contributed by atoms with Crippen LogP contribution in [-0.2, 0) is 4.74 Å². The molecule has 4 nitrogen and oxygen atoms in total. The molecule has 0 saturated carbocycles. The van der Waals surface area contributed by atoms with Crippen molar-refractivity contribution in [2.24, 2.45) is 0 Å². The molecule has 0 saturated heterocycles. The molecule has 0 radical (unpaired) electrons. The van der Waals surface area contributed by atoms with E-state index in [1.54, 1.807) is 7.11 Å². The minimum atomic E-state index is -0.0169. The molecule has 0 fully saturated rings. The molecule has 0 atom stereocenters. The molecular formula is C18H23BrN2O2. The maximum Gasteiger partial charge on any atom is 0.253 e. The Morgan fingerprint density at radius 3 is 2.74 bits per heavy atom. The number of halogens is 1. The van der Waals surface area contributed by atoms with E-state index in [1.165, 1.54) is 0 Å². The summed E-state index contributed by atoms with van der Waals surface area (Å²) in [7, 11) is 1.69. The minimum absolute atomic E-state index is 0.0169. The second-order valence-corrected chi connectivity index (χ2v) is 6.47. The molecular weight excluding hydrogens is 356 g/mol.